The summed E-state index contributed by atoms with van der Waals surface area (Å²) in [6.07, 6.45) is -4.19. The SMILES string of the molecule is C=CS(=O)(=O)N[C@H]1C=C(C(=O)O)O[C@@H]([C@H](O)C(O)CO)[C@@H]1NC(C)=O. The van der Waals surface area contributed by atoms with Crippen LogP contribution < -0.4 is 10.0 Å². The molecule has 142 valence electrons. The number of carboxylic acid groups (broad SMARTS) is 1. The van der Waals surface area contributed by atoms with Gasteiger partial charge in [0.25, 0.3) is 0 Å². The molecule has 1 rings (SSSR count). The van der Waals surface area contributed by atoms with E-state index in [1.165, 1.54) is 0 Å². The Morgan fingerprint density at radius 2 is 2.04 bits per heavy atom. The van der Waals surface area contributed by atoms with Crippen LogP contribution in [0.3, 0.4) is 0 Å². The molecule has 0 spiro atoms. The van der Waals surface area contributed by atoms with Crippen LogP contribution in [0.4, 0.5) is 0 Å². The number of hydrogen-bond donors (Lipinski definition) is 6. The lowest BCUT2D eigenvalue weighted by atomic mass is 9.92. The van der Waals surface area contributed by atoms with Crippen LogP contribution in [0.15, 0.2) is 23.8 Å². The number of aliphatic hydroxyl groups excluding tert-OH is 3. The van der Waals surface area contributed by atoms with Crippen molar-refractivity contribution in [2.45, 2.75) is 37.3 Å². The molecule has 0 aromatic carbocycles. The summed E-state index contributed by atoms with van der Waals surface area (Å²) in [5.74, 6) is -2.88. The highest BCUT2D eigenvalue weighted by Crippen LogP contribution is 2.23. The number of ether oxygens (including phenoxy) is 1. The van der Waals surface area contributed by atoms with Gasteiger partial charge in [-0.25, -0.2) is 17.9 Å². The summed E-state index contributed by atoms with van der Waals surface area (Å²) in [4.78, 5) is 22.6. The summed E-state index contributed by atoms with van der Waals surface area (Å²) < 4.78 is 30.6. The normalized spacial score (nSPS) is 25.9. The average Bonchev–Trinajstić information content (AvgIpc) is 2.53. The van der Waals surface area contributed by atoms with Gasteiger partial charge < -0.3 is 30.5 Å². The molecule has 11 nitrogen and oxygen atoms in total. The number of aliphatic hydroxyl groups is 3. The van der Waals surface area contributed by atoms with Gasteiger partial charge in [0.2, 0.25) is 21.7 Å². The first-order chi connectivity index (χ1) is 11.5. The Morgan fingerprint density at radius 1 is 1.44 bits per heavy atom. The first-order valence-electron chi connectivity index (χ1n) is 7.03. The molecule has 1 aliphatic heterocycles. The van der Waals surface area contributed by atoms with Gasteiger partial charge in [0.1, 0.15) is 18.3 Å². The van der Waals surface area contributed by atoms with E-state index in [1.54, 1.807) is 0 Å². The second-order valence-electron chi connectivity index (χ2n) is 5.24. The number of carbonyl (C=O) groups is 2. The maximum Gasteiger partial charge on any atom is 0.370 e. The molecule has 1 unspecified atom stereocenters. The Morgan fingerprint density at radius 3 is 2.48 bits per heavy atom. The van der Waals surface area contributed by atoms with Crippen LogP contribution in [0.1, 0.15) is 6.92 Å². The monoisotopic (exact) mass is 380 g/mol. The predicted molar refractivity (Wildman–Crippen MR) is 83.3 cm³/mol. The van der Waals surface area contributed by atoms with Crippen LogP contribution in [0.25, 0.3) is 0 Å². The lowest BCUT2D eigenvalue weighted by Gasteiger charge is -2.39. The van der Waals surface area contributed by atoms with Crippen LogP contribution in [-0.4, -0.2) is 77.7 Å². The van der Waals surface area contributed by atoms with Gasteiger partial charge in [0.05, 0.1) is 18.7 Å². The van der Waals surface area contributed by atoms with Gasteiger partial charge in [-0.3, -0.25) is 4.79 Å². The number of carbonyl (C=O) groups excluding carboxylic acids is 1. The summed E-state index contributed by atoms with van der Waals surface area (Å²) >= 11 is 0. The van der Waals surface area contributed by atoms with E-state index in [4.69, 9.17) is 14.9 Å². The Balaban J connectivity index is 3.35. The average molecular weight is 380 g/mol. The molecule has 12 heteroatoms. The van der Waals surface area contributed by atoms with Gasteiger partial charge in [-0.15, -0.1) is 0 Å². The molecule has 5 atom stereocenters. The minimum Gasteiger partial charge on any atom is -0.478 e. The van der Waals surface area contributed by atoms with Crippen molar-refractivity contribution >= 4 is 21.9 Å². The minimum absolute atomic E-state index is 0.579. The molecule has 0 bridgehead atoms. The summed E-state index contributed by atoms with van der Waals surface area (Å²) in [6, 6.07) is -2.59. The van der Waals surface area contributed by atoms with Crippen LogP contribution >= 0.6 is 0 Å². The van der Waals surface area contributed by atoms with Gasteiger partial charge in [-0.05, 0) is 6.08 Å². The van der Waals surface area contributed by atoms with Crippen molar-refractivity contribution in [3.05, 3.63) is 23.8 Å². The zero-order valence-corrected chi connectivity index (χ0v) is 14.0. The topological polar surface area (TPSA) is 182 Å². The lowest BCUT2D eigenvalue weighted by molar-refractivity contribution is -0.146. The quantitative estimate of drug-likeness (QED) is 0.255. The molecule has 0 aliphatic carbocycles. The van der Waals surface area contributed by atoms with E-state index in [0.717, 1.165) is 13.0 Å². The van der Waals surface area contributed by atoms with Gasteiger partial charge >= 0.3 is 5.97 Å². The van der Waals surface area contributed by atoms with Crippen molar-refractivity contribution in [1.82, 2.24) is 10.0 Å². The largest absolute Gasteiger partial charge is 0.478 e. The fourth-order valence-corrected chi connectivity index (χ4v) is 2.90. The molecule has 25 heavy (non-hydrogen) atoms. The molecule has 1 aliphatic rings. The van der Waals surface area contributed by atoms with E-state index in [-0.39, 0.29) is 0 Å². The van der Waals surface area contributed by atoms with Crippen LogP contribution in [0.2, 0.25) is 0 Å². The molecule has 1 amide bonds. The number of hydrogen-bond acceptors (Lipinski definition) is 8. The molecule has 0 aromatic heterocycles. The summed E-state index contributed by atoms with van der Waals surface area (Å²) in [6.45, 7) is 3.35. The van der Waals surface area contributed by atoms with Gasteiger partial charge in [0, 0.05) is 12.3 Å². The Bertz CT molecular complexity index is 660. The smallest absolute Gasteiger partial charge is 0.370 e. The van der Waals surface area contributed by atoms with Crippen LogP contribution in [-0.2, 0) is 24.3 Å². The first-order valence-corrected chi connectivity index (χ1v) is 8.57. The number of amides is 1. The van der Waals surface area contributed by atoms with Crippen molar-refractivity contribution in [3.8, 4) is 0 Å². The third kappa shape index (κ3) is 5.51. The van der Waals surface area contributed by atoms with E-state index in [0.29, 0.717) is 5.41 Å². The molecule has 6 N–H and O–H groups in total. The summed E-state index contributed by atoms with van der Waals surface area (Å²) in [5.41, 5.74) is 0. The second kappa shape index (κ2) is 8.40. The second-order valence-corrected chi connectivity index (χ2v) is 6.90. The van der Waals surface area contributed by atoms with E-state index < -0.39 is 64.7 Å². The number of aliphatic carboxylic acids is 1. The zero-order valence-electron chi connectivity index (χ0n) is 13.2. The molecule has 0 fully saturated rings. The van der Waals surface area contributed by atoms with Crippen molar-refractivity contribution in [2.24, 2.45) is 0 Å². The predicted octanol–water partition coefficient (Wildman–Crippen LogP) is -3.00. The highest BCUT2D eigenvalue weighted by molar-refractivity contribution is 7.92. The molecule has 0 saturated carbocycles. The standard InChI is InChI=1S/C13H20N2O9S/c1-3-25(22,23)15-7-4-9(13(20)21)24-12(10(7)14-6(2)17)11(19)8(18)5-16/h3-4,7-8,10-12,15-16,18-19H,1,5H2,2H3,(H,14,17)(H,20,21)/t7-,8?,10+,11+,12+/m0/s1. The number of nitrogens with one attached hydrogen (secondary N) is 2. The molecule has 0 aromatic rings. The minimum atomic E-state index is -4.04. The summed E-state index contributed by atoms with van der Waals surface area (Å²) in [5, 5.41) is 40.7. The van der Waals surface area contributed by atoms with Crippen molar-refractivity contribution < 1.29 is 43.2 Å². The Hall–Kier alpha value is -1.99. The number of rotatable bonds is 8. The maximum atomic E-state index is 11.7. The highest BCUT2D eigenvalue weighted by Gasteiger charge is 2.44. The van der Waals surface area contributed by atoms with Crippen molar-refractivity contribution in [3.63, 3.8) is 0 Å². The molecule has 0 radical (unpaired) electrons. The fraction of sp³-hybridized carbons (Fsp3) is 0.538. The van der Waals surface area contributed by atoms with Gasteiger partial charge in [-0.1, -0.05) is 6.58 Å². The highest BCUT2D eigenvalue weighted by atomic mass is 32.2. The molecule has 0 saturated heterocycles. The van der Waals surface area contributed by atoms with Crippen molar-refractivity contribution in [2.75, 3.05) is 6.61 Å². The maximum absolute atomic E-state index is 11.7. The number of sulfonamides is 1. The van der Waals surface area contributed by atoms with Gasteiger partial charge in [-0.2, -0.15) is 0 Å². The van der Waals surface area contributed by atoms with Crippen LogP contribution in [0.5, 0.6) is 0 Å². The van der Waals surface area contributed by atoms with E-state index in [2.05, 4.69) is 16.6 Å². The third-order valence-electron chi connectivity index (χ3n) is 3.35. The zero-order chi connectivity index (χ0) is 19.4. The van der Waals surface area contributed by atoms with E-state index in [9.17, 15) is 28.2 Å². The summed E-state index contributed by atoms with van der Waals surface area (Å²) in [7, 11) is -4.04. The van der Waals surface area contributed by atoms with Crippen LogP contribution in [0, 0.1) is 0 Å². The lowest BCUT2D eigenvalue weighted by Crippen LogP contribution is -2.63. The molecule has 1 heterocycles. The first kappa shape index (κ1) is 21.1. The molecular formula is C13H20N2O9S. The van der Waals surface area contributed by atoms with E-state index in [1.807, 2.05) is 0 Å². The van der Waals surface area contributed by atoms with Gasteiger partial charge in [0.15, 0.2) is 0 Å². The molecular weight excluding hydrogens is 360 g/mol. The fourth-order valence-electron chi connectivity index (χ4n) is 2.21. The Labute approximate surface area is 143 Å². The Kier molecular flexibility index (Phi) is 7.07. The third-order valence-corrected chi connectivity index (χ3v) is 4.39. The number of carboxylic acids is 1. The van der Waals surface area contributed by atoms with Crippen molar-refractivity contribution in [1.29, 1.82) is 0 Å². The van der Waals surface area contributed by atoms with E-state index >= 15 is 0 Å².